The van der Waals surface area contributed by atoms with Gasteiger partial charge in [-0.1, -0.05) is 49.2 Å². The quantitative estimate of drug-likeness (QED) is 0.722. The summed E-state index contributed by atoms with van der Waals surface area (Å²) < 4.78 is 0. The second-order valence-corrected chi connectivity index (χ2v) is 7.56. The van der Waals surface area contributed by atoms with Crippen LogP contribution in [0.1, 0.15) is 32.3 Å². The monoisotopic (exact) mass is 289 g/mol. The van der Waals surface area contributed by atoms with E-state index in [2.05, 4.69) is 44.0 Å². The molecule has 0 unspecified atom stereocenters. The van der Waals surface area contributed by atoms with Crippen molar-refractivity contribution in [2.45, 2.75) is 33.2 Å². The lowest BCUT2D eigenvalue weighted by molar-refractivity contribution is -0.0101. The van der Waals surface area contributed by atoms with E-state index in [0.717, 1.165) is 29.9 Å². The lowest BCUT2D eigenvalue weighted by Crippen LogP contribution is -2.49. The van der Waals surface area contributed by atoms with E-state index in [-0.39, 0.29) is 0 Å². The van der Waals surface area contributed by atoms with Crippen LogP contribution in [-0.2, 0) is 6.54 Å². The smallest absolute Gasteiger partial charge is 0.0406 e. The molecule has 2 bridgehead atoms. The van der Waals surface area contributed by atoms with Crippen molar-refractivity contribution in [2.24, 2.45) is 17.3 Å². The van der Waals surface area contributed by atoms with Crippen LogP contribution in [0.2, 0.25) is 5.02 Å². The fourth-order valence-electron chi connectivity index (χ4n) is 3.92. The molecule has 1 aromatic carbocycles. The van der Waals surface area contributed by atoms with Gasteiger partial charge in [0.05, 0.1) is 0 Å². The zero-order chi connectivity index (χ0) is 14.3. The first kappa shape index (κ1) is 14.2. The SMILES string of the molecule is CN(CC1=CC[C@H]2C[C@@H]1C2(C)C)Cc1ccc(Cl)cc1. The summed E-state index contributed by atoms with van der Waals surface area (Å²) in [5.74, 6) is 1.74. The Labute approximate surface area is 127 Å². The minimum atomic E-state index is 0.533. The number of hydrogen-bond donors (Lipinski definition) is 0. The number of nitrogens with zero attached hydrogens (tertiary/aromatic N) is 1. The van der Waals surface area contributed by atoms with Crippen molar-refractivity contribution in [3.8, 4) is 0 Å². The van der Waals surface area contributed by atoms with E-state index in [1.807, 2.05) is 12.1 Å². The van der Waals surface area contributed by atoms with E-state index in [9.17, 15) is 0 Å². The zero-order valence-electron chi connectivity index (χ0n) is 12.7. The molecule has 0 amide bonds. The molecule has 0 spiro atoms. The normalized spacial score (nSPS) is 27.1. The van der Waals surface area contributed by atoms with Crippen LogP contribution in [0, 0.1) is 17.3 Å². The number of halogens is 1. The van der Waals surface area contributed by atoms with Crippen LogP contribution in [-0.4, -0.2) is 18.5 Å². The topological polar surface area (TPSA) is 3.24 Å². The molecule has 1 saturated carbocycles. The van der Waals surface area contributed by atoms with Crippen molar-refractivity contribution in [2.75, 3.05) is 13.6 Å². The Morgan fingerprint density at radius 2 is 1.90 bits per heavy atom. The molecule has 1 aromatic rings. The fourth-order valence-corrected chi connectivity index (χ4v) is 4.05. The lowest BCUT2D eigenvalue weighted by atomic mass is 9.49. The summed E-state index contributed by atoms with van der Waals surface area (Å²) in [6, 6.07) is 8.20. The van der Waals surface area contributed by atoms with E-state index in [1.54, 1.807) is 5.57 Å². The number of benzene rings is 1. The second-order valence-electron chi connectivity index (χ2n) is 7.12. The number of rotatable bonds is 4. The summed E-state index contributed by atoms with van der Waals surface area (Å²) in [6.45, 7) is 6.98. The maximum Gasteiger partial charge on any atom is 0.0406 e. The van der Waals surface area contributed by atoms with Crippen LogP contribution in [0.3, 0.4) is 0 Å². The standard InChI is InChI=1S/C18H24ClN/c1-18(2)15-7-6-14(17(18)10-15)12-20(3)11-13-4-8-16(19)9-5-13/h4-6,8-9,15,17H,7,10-12H2,1-3H3/t15-,17-/m0/s1. The molecular weight excluding hydrogens is 266 g/mol. The molecule has 1 fully saturated rings. The van der Waals surface area contributed by atoms with E-state index in [0.29, 0.717) is 5.41 Å². The predicted octanol–water partition coefficient (Wildman–Crippen LogP) is 4.76. The molecule has 0 radical (unpaired) electrons. The molecule has 3 aliphatic rings. The van der Waals surface area contributed by atoms with E-state index >= 15 is 0 Å². The highest BCUT2D eigenvalue weighted by Gasteiger charge is 2.50. The molecule has 2 heteroatoms. The van der Waals surface area contributed by atoms with Crippen LogP contribution in [0.4, 0.5) is 0 Å². The summed E-state index contributed by atoms with van der Waals surface area (Å²) >= 11 is 5.94. The molecule has 0 N–H and O–H groups in total. The summed E-state index contributed by atoms with van der Waals surface area (Å²) in [7, 11) is 2.22. The van der Waals surface area contributed by atoms with Crippen molar-refractivity contribution in [3.63, 3.8) is 0 Å². The van der Waals surface area contributed by atoms with E-state index in [4.69, 9.17) is 11.6 Å². The molecule has 3 aliphatic carbocycles. The number of allylic oxidation sites excluding steroid dienone is 1. The molecule has 2 atom stereocenters. The van der Waals surface area contributed by atoms with Crippen LogP contribution in [0.5, 0.6) is 0 Å². The fraction of sp³-hybridized carbons (Fsp3) is 0.556. The Hall–Kier alpha value is -0.790. The maximum absolute atomic E-state index is 5.94. The average Bonchev–Trinajstić information content (AvgIpc) is 2.41. The number of fused-ring (bicyclic) bond motifs is 1. The summed E-state index contributed by atoms with van der Waals surface area (Å²) in [5, 5.41) is 0.814. The predicted molar refractivity (Wildman–Crippen MR) is 85.9 cm³/mol. The van der Waals surface area contributed by atoms with Crippen LogP contribution < -0.4 is 0 Å². The third-order valence-electron chi connectivity index (χ3n) is 5.40. The Morgan fingerprint density at radius 1 is 1.20 bits per heavy atom. The van der Waals surface area contributed by atoms with Gasteiger partial charge in [-0.3, -0.25) is 4.90 Å². The highest BCUT2D eigenvalue weighted by Crippen LogP contribution is 2.59. The maximum atomic E-state index is 5.94. The largest absolute Gasteiger partial charge is 0.298 e. The van der Waals surface area contributed by atoms with Gasteiger partial charge in [-0.25, -0.2) is 0 Å². The van der Waals surface area contributed by atoms with Gasteiger partial charge >= 0.3 is 0 Å². The number of likely N-dealkylation sites (N-methyl/N-ethyl adjacent to an activating group) is 1. The van der Waals surface area contributed by atoms with Gasteiger partial charge < -0.3 is 0 Å². The molecule has 0 saturated heterocycles. The van der Waals surface area contributed by atoms with Gasteiger partial charge in [-0.15, -0.1) is 0 Å². The van der Waals surface area contributed by atoms with Gasteiger partial charge in [0.25, 0.3) is 0 Å². The Balaban J connectivity index is 1.61. The van der Waals surface area contributed by atoms with E-state index < -0.39 is 0 Å². The average molecular weight is 290 g/mol. The van der Waals surface area contributed by atoms with Gasteiger partial charge in [-0.2, -0.15) is 0 Å². The third kappa shape index (κ3) is 2.54. The highest BCUT2D eigenvalue weighted by molar-refractivity contribution is 6.30. The molecule has 20 heavy (non-hydrogen) atoms. The Bertz CT molecular complexity index is 515. The number of hydrogen-bond acceptors (Lipinski definition) is 1. The van der Waals surface area contributed by atoms with Gasteiger partial charge in [0.15, 0.2) is 0 Å². The molecule has 0 heterocycles. The molecular formula is C18H24ClN. The zero-order valence-corrected chi connectivity index (χ0v) is 13.5. The third-order valence-corrected chi connectivity index (χ3v) is 5.65. The lowest BCUT2D eigenvalue weighted by Gasteiger charge is -2.57. The van der Waals surface area contributed by atoms with Gasteiger partial charge in [0.1, 0.15) is 0 Å². The first-order valence-corrected chi connectivity index (χ1v) is 7.96. The van der Waals surface area contributed by atoms with Crippen molar-refractivity contribution in [1.82, 2.24) is 4.90 Å². The Morgan fingerprint density at radius 3 is 2.50 bits per heavy atom. The van der Waals surface area contributed by atoms with Crippen molar-refractivity contribution < 1.29 is 0 Å². The van der Waals surface area contributed by atoms with Crippen LogP contribution >= 0.6 is 11.6 Å². The van der Waals surface area contributed by atoms with Gasteiger partial charge in [-0.05, 0) is 54.8 Å². The molecule has 4 rings (SSSR count). The first-order valence-electron chi connectivity index (χ1n) is 7.58. The minimum Gasteiger partial charge on any atom is -0.298 e. The minimum absolute atomic E-state index is 0.533. The van der Waals surface area contributed by atoms with Crippen LogP contribution in [0.25, 0.3) is 0 Å². The summed E-state index contributed by atoms with van der Waals surface area (Å²) in [5.41, 5.74) is 3.53. The summed E-state index contributed by atoms with van der Waals surface area (Å²) in [4.78, 5) is 2.42. The summed E-state index contributed by atoms with van der Waals surface area (Å²) in [6.07, 6.45) is 5.20. The van der Waals surface area contributed by atoms with Crippen LogP contribution in [0.15, 0.2) is 35.9 Å². The van der Waals surface area contributed by atoms with Gasteiger partial charge in [0.2, 0.25) is 0 Å². The highest BCUT2D eigenvalue weighted by atomic mass is 35.5. The molecule has 1 nitrogen and oxygen atoms in total. The van der Waals surface area contributed by atoms with E-state index in [1.165, 1.54) is 18.4 Å². The van der Waals surface area contributed by atoms with Crippen molar-refractivity contribution in [3.05, 3.63) is 46.5 Å². The van der Waals surface area contributed by atoms with Crippen molar-refractivity contribution in [1.29, 1.82) is 0 Å². The molecule has 0 aromatic heterocycles. The molecule has 0 aliphatic heterocycles. The second kappa shape index (κ2) is 5.20. The Kier molecular flexibility index (Phi) is 3.68. The molecule has 108 valence electrons. The van der Waals surface area contributed by atoms with Gasteiger partial charge in [0, 0.05) is 18.1 Å². The first-order chi connectivity index (χ1) is 9.46. The van der Waals surface area contributed by atoms with Crippen molar-refractivity contribution >= 4 is 11.6 Å².